The van der Waals surface area contributed by atoms with Crippen molar-refractivity contribution in [2.24, 2.45) is 0 Å². The van der Waals surface area contributed by atoms with Crippen LogP contribution in [0.2, 0.25) is 0 Å². The third-order valence-electron chi connectivity index (χ3n) is 1.12. The second kappa shape index (κ2) is 4.34. The first-order valence-corrected chi connectivity index (χ1v) is 3.42. The maximum Gasteiger partial charge on any atom is 0.0205 e. The molecule has 0 aromatic rings. The van der Waals surface area contributed by atoms with Gasteiger partial charge in [-0.3, -0.25) is 0 Å². The van der Waals surface area contributed by atoms with Crippen molar-refractivity contribution in [3.8, 4) is 0 Å². The first kappa shape index (κ1) is 3.25. The van der Waals surface area contributed by atoms with Crippen LogP contribution in [0.4, 0.5) is 0 Å². The van der Waals surface area contributed by atoms with Crippen LogP contribution in [-0.4, -0.2) is 37.9 Å². The molecule has 0 heterocycles. The van der Waals surface area contributed by atoms with Gasteiger partial charge in [-0.2, -0.15) is 0 Å². The highest BCUT2D eigenvalue weighted by atomic mass is 28.1. The van der Waals surface area contributed by atoms with Crippen LogP contribution in [-0.2, 0) is 0 Å². The van der Waals surface area contributed by atoms with Crippen LogP contribution in [0.5, 0.6) is 0 Å². The lowest BCUT2D eigenvalue weighted by molar-refractivity contribution is 0.354. The van der Waals surface area contributed by atoms with Gasteiger partial charge in [0.05, 0.1) is 0 Å². The molecular formula is C5H15NSi. The normalized spacial score (nSPS) is 18.4. The van der Waals surface area contributed by atoms with E-state index in [1.807, 2.05) is 18.7 Å². The highest BCUT2D eigenvalue weighted by Gasteiger charge is 1.89. The van der Waals surface area contributed by atoms with Gasteiger partial charge in [-0.05, 0) is 19.3 Å². The van der Waals surface area contributed by atoms with Crippen molar-refractivity contribution in [3.63, 3.8) is 0 Å². The Labute approximate surface area is 52.8 Å². The number of hydrogen-bond donors (Lipinski definition) is 0. The molecular weight excluding hydrogens is 102 g/mol. The number of rotatable bonds is 4. The van der Waals surface area contributed by atoms with Crippen molar-refractivity contribution in [1.82, 2.24) is 4.90 Å². The molecule has 0 bridgehead atoms. The van der Waals surface area contributed by atoms with Crippen molar-refractivity contribution >= 4 is 10.0 Å². The van der Waals surface area contributed by atoms with Crippen LogP contribution in [0.3, 0.4) is 0 Å². The van der Waals surface area contributed by atoms with E-state index >= 15 is 0 Å². The Balaban J connectivity index is 3.63. The smallest absolute Gasteiger partial charge is 0.0205 e. The zero-order chi connectivity index (χ0) is 8.20. The summed E-state index contributed by atoms with van der Waals surface area (Å²) < 4.78 is 21.3. The molecule has 0 aliphatic carbocycles. The molecule has 44 valence electrons. The molecule has 0 atom stereocenters. The van der Waals surface area contributed by atoms with E-state index < -0.39 is 10.0 Å². The Hall–Kier alpha value is 0.177. The lowest BCUT2D eigenvalue weighted by atomic mass is 10.6. The Bertz CT molecular complexity index is 89.4. The Morgan fingerprint density at radius 1 is 1.57 bits per heavy atom. The molecule has 0 aromatic heterocycles. The number of nitrogens with zero attached hydrogens (tertiary/aromatic N) is 1. The fourth-order valence-electron chi connectivity index (χ4n) is 0.447. The van der Waals surface area contributed by atoms with E-state index in [9.17, 15) is 0 Å². The van der Waals surface area contributed by atoms with Gasteiger partial charge < -0.3 is 4.90 Å². The van der Waals surface area contributed by atoms with Crippen LogP contribution in [0, 0.1) is 0 Å². The number of hydrogen-bond acceptors (Lipinski definition) is 1. The summed E-state index contributed by atoms with van der Waals surface area (Å²) in [7, 11) is -3.09. The van der Waals surface area contributed by atoms with Gasteiger partial charge >= 0.3 is 0 Å². The minimum Gasteiger partial charge on any atom is -0.308 e. The molecule has 0 saturated heterocycles. The minimum atomic E-state index is -3.09. The summed E-state index contributed by atoms with van der Waals surface area (Å²) >= 11 is 0. The SMILES string of the molecule is [3H][Si]([3H])([3H])CN(CC)CC. The third-order valence-corrected chi connectivity index (χ3v) is 1.57. The summed E-state index contributed by atoms with van der Waals surface area (Å²) in [6, 6.07) is 0. The predicted molar refractivity (Wildman–Crippen MR) is 37.7 cm³/mol. The zero-order valence-corrected chi connectivity index (χ0v) is 6.07. The fraction of sp³-hybridized carbons (Fsp3) is 1.00. The van der Waals surface area contributed by atoms with E-state index in [0.29, 0.717) is 6.17 Å². The van der Waals surface area contributed by atoms with Crippen molar-refractivity contribution < 1.29 is 0 Å². The molecule has 0 aliphatic heterocycles. The summed E-state index contributed by atoms with van der Waals surface area (Å²) in [5, 5.41) is 0. The molecule has 0 aromatic carbocycles. The second-order valence-electron chi connectivity index (χ2n) is 1.46. The van der Waals surface area contributed by atoms with Gasteiger partial charge in [-0.15, -0.1) is 0 Å². The van der Waals surface area contributed by atoms with E-state index in [4.69, 9.17) is 3.70 Å². The molecule has 0 unspecified atom stereocenters. The summed E-state index contributed by atoms with van der Waals surface area (Å²) in [6.07, 6.45) is 0.347. The van der Waals surface area contributed by atoms with Crippen molar-refractivity contribution in [3.05, 3.63) is 0 Å². The molecule has 0 spiro atoms. The standard InChI is InChI=1S/C5H15NSi/c1-3-6(4-2)5-7/h3-5H2,1-2,7H3/i7T3. The van der Waals surface area contributed by atoms with Gasteiger partial charge in [0.25, 0.3) is 0 Å². The Morgan fingerprint density at radius 3 is 2.29 bits per heavy atom. The monoisotopic (exact) mass is 123 g/mol. The van der Waals surface area contributed by atoms with Gasteiger partial charge in [0.1, 0.15) is 0 Å². The van der Waals surface area contributed by atoms with Gasteiger partial charge in [0, 0.05) is 13.7 Å². The molecule has 0 radical (unpaired) electrons. The van der Waals surface area contributed by atoms with Crippen LogP contribution in [0.25, 0.3) is 0 Å². The summed E-state index contributed by atoms with van der Waals surface area (Å²) in [5.41, 5.74) is 0. The molecule has 0 amide bonds. The Kier molecular flexibility index (Phi) is 2.02. The van der Waals surface area contributed by atoms with Gasteiger partial charge in [0.2, 0.25) is 0 Å². The average Bonchev–Trinajstić information content (AvgIpc) is 1.81. The van der Waals surface area contributed by atoms with E-state index in [2.05, 4.69) is 0 Å². The summed E-state index contributed by atoms with van der Waals surface area (Å²) in [6.45, 7) is 5.68. The lowest BCUT2D eigenvalue weighted by Gasteiger charge is -2.13. The fourth-order valence-corrected chi connectivity index (χ4v) is 0.894. The van der Waals surface area contributed by atoms with Crippen molar-refractivity contribution in [2.45, 2.75) is 13.8 Å². The molecule has 0 aliphatic rings. The lowest BCUT2D eigenvalue weighted by Crippen LogP contribution is -2.23. The van der Waals surface area contributed by atoms with E-state index in [1.54, 1.807) is 0 Å². The van der Waals surface area contributed by atoms with E-state index in [1.165, 1.54) is 0 Å². The van der Waals surface area contributed by atoms with Crippen LogP contribution < -0.4 is 0 Å². The summed E-state index contributed by atoms with van der Waals surface area (Å²) in [4.78, 5) is 1.96. The highest BCUT2D eigenvalue weighted by molar-refractivity contribution is 6.08. The largest absolute Gasteiger partial charge is 0.308 e. The van der Waals surface area contributed by atoms with Gasteiger partial charge in [-0.1, -0.05) is 13.8 Å². The van der Waals surface area contributed by atoms with Gasteiger partial charge in [-0.25, -0.2) is 0 Å². The average molecular weight is 123 g/mol. The molecule has 0 fully saturated rings. The first-order valence-electron chi connectivity index (χ1n) is 4.22. The first-order chi connectivity index (χ1) is 4.49. The van der Waals surface area contributed by atoms with E-state index in [0.717, 1.165) is 13.1 Å². The maximum atomic E-state index is 7.10. The molecule has 0 N–H and O–H groups in total. The Morgan fingerprint density at radius 2 is 2.14 bits per heavy atom. The molecule has 2 heteroatoms. The van der Waals surface area contributed by atoms with E-state index in [-0.39, 0.29) is 0 Å². The topological polar surface area (TPSA) is 3.24 Å². The quantitative estimate of drug-likeness (QED) is 0.462. The minimum absolute atomic E-state index is 0.347. The molecule has 7 heavy (non-hydrogen) atoms. The second-order valence-corrected chi connectivity index (χ2v) is 1.78. The van der Waals surface area contributed by atoms with Crippen molar-refractivity contribution in [2.75, 3.05) is 19.3 Å². The zero-order valence-electron chi connectivity index (χ0n) is 8.07. The molecule has 0 rings (SSSR count). The van der Waals surface area contributed by atoms with Gasteiger partial charge in [0.15, 0.2) is 0 Å². The highest BCUT2D eigenvalue weighted by Crippen LogP contribution is 1.79. The third kappa shape index (κ3) is 2.82. The summed E-state index contributed by atoms with van der Waals surface area (Å²) in [5.74, 6) is 0. The molecule has 1 nitrogen and oxygen atoms in total. The predicted octanol–water partition coefficient (Wildman–Crippen LogP) is -0.349. The van der Waals surface area contributed by atoms with Crippen LogP contribution in [0.1, 0.15) is 13.8 Å². The van der Waals surface area contributed by atoms with Crippen LogP contribution >= 0.6 is 0 Å². The molecule has 0 saturated carbocycles. The van der Waals surface area contributed by atoms with Crippen LogP contribution in [0.15, 0.2) is 0 Å². The van der Waals surface area contributed by atoms with Crippen molar-refractivity contribution in [1.29, 1.82) is 3.70 Å². The maximum absolute atomic E-state index is 7.10.